The van der Waals surface area contributed by atoms with Crippen molar-refractivity contribution < 1.29 is 9.84 Å². The Bertz CT molecular complexity index is 388. The molecule has 1 atom stereocenters. The topological polar surface area (TPSA) is 44.7 Å². The van der Waals surface area contributed by atoms with Gasteiger partial charge in [0, 0.05) is 31.9 Å². The maximum absolute atomic E-state index is 8.97. The van der Waals surface area contributed by atoms with Crippen molar-refractivity contribution >= 4 is 5.69 Å². The Morgan fingerprint density at radius 2 is 1.95 bits per heavy atom. The van der Waals surface area contributed by atoms with Gasteiger partial charge in [-0.15, -0.1) is 0 Å². The van der Waals surface area contributed by atoms with Crippen molar-refractivity contribution in [3.63, 3.8) is 0 Å². The summed E-state index contributed by atoms with van der Waals surface area (Å²) >= 11 is 0. The number of benzene rings is 1. The number of aliphatic hydroxyl groups is 1. The molecule has 0 radical (unpaired) electrons. The number of nitrogens with zero attached hydrogens (tertiary/aromatic N) is 1. The Hall–Kier alpha value is -1.10. The van der Waals surface area contributed by atoms with Crippen LogP contribution in [0.4, 0.5) is 5.69 Å². The predicted octanol–water partition coefficient (Wildman–Crippen LogP) is 2.02. The Balaban J connectivity index is 1.67. The molecule has 0 amide bonds. The molecule has 1 unspecified atom stereocenters. The first kappa shape index (κ1) is 16.3. The zero-order valence-electron chi connectivity index (χ0n) is 13.1. The number of ether oxygens (including phenoxy) is 1. The molecular weight excluding hydrogens is 264 g/mol. The second-order valence-corrected chi connectivity index (χ2v) is 5.87. The van der Waals surface area contributed by atoms with Gasteiger partial charge in [-0.25, -0.2) is 0 Å². The lowest BCUT2D eigenvalue weighted by molar-refractivity contribution is 0.122. The van der Waals surface area contributed by atoms with Gasteiger partial charge in [0.05, 0.1) is 13.2 Å². The van der Waals surface area contributed by atoms with E-state index < -0.39 is 0 Å². The Labute approximate surface area is 128 Å². The zero-order valence-corrected chi connectivity index (χ0v) is 13.1. The van der Waals surface area contributed by atoms with E-state index in [1.807, 2.05) is 0 Å². The third-order valence-corrected chi connectivity index (χ3v) is 4.00. The molecule has 1 aliphatic rings. The SMILES string of the molecule is CC(CO)CCCNCc1ccc(N2CCOCC2)cc1. The molecule has 2 N–H and O–H groups in total. The van der Waals surface area contributed by atoms with Gasteiger partial charge in [-0.1, -0.05) is 19.1 Å². The summed E-state index contributed by atoms with van der Waals surface area (Å²) in [5.74, 6) is 0.416. The van der Waals surface area contributed by atoms with Gasteiger partial charge in [-0.2, -0.15) is 0 Å². The van der Waals surface area contributed by atoms with E-state index in [9.17, 15) is 0 Å². The third-order valence-electron chi connectivity index (χ3n) is 4.00. The summed E-state index contributed by atoms with van der Waals surface area (Å²) in [6, 6.07) is 8.81. The minimum atomic E-state index is 0.295. The monoisotopic (exact) mass is 292 g/mol. The molecule has 0 aromatic heterocycles. The average Bonchev–Trinajstić information content (AvgIpc) is 2.55. The standard InChI is InChI=1S/C17H28N2O2/c1-15(14-20)3-2-8-18-13-16-4-6-17(7-5-16)19-9-11-21-12-10-19/h4-7,15,18,20H,2-3,8-14H2,1H3. The average molecular weight is 292 g/mol. The van der Waals surface area contributed by atoms with E-state index in [1.54, 1.807) is 0 Å². The number of anilines is 1. The maximum Gasteiger partial charge on any atom is 0.0642 e. The van der Waals surface area contributed by atoms with E-state index in [0.717, 1.165) is 52.2 Å². The fraction of sp³-hybridized carbons (Fsp3) is 0.647. The second-order valence-electron chi connectivity index (χ2n) is 5.87. The first-order chi connectivity index (χ1) is 10.3. The van der Waals surface area contributed by atoms with Crippen molar-refractivity contribution in [3.05, 3.63) is 29.8 Å². The molecule has 21 heavy (non-hydrogen) atoms. The smallest absolute Gasteiger partial charge is 0.0642 e. The van der Waals surface area contributed by atoms with Crippen molar-refractivity contribution in [1.82, 2.24) is 5.32 Å². The molecule has 4 nitrogen and oxygen atoms in total. The van der Waals surface area contributed by atoms with E-state index in [0.29, 0.717) is 12.5 Å². The molecular formula is C17H28N2O2. The quantitative estimate of drug-likeness (QED) is 0.720. The molecule has 4 heteroatoms. The summed E-state index contributed by atoms with van der Waals surface area (Å²) in [7, 11) is 0. The summed E-state index contributed by atoms with van der Waals surface area (Å²) < 4.78 is 5.38. The maximum atomic E-state index is 8.97. The number of rotatable bonds is 8. The highest BCUT2D eigenvalue weighted by Gasteiger charge is 2.10. The number of hydrogen-bond acceptors (Lipinski definition) is 4. The molecule has 118 valence electrons. The van der Waals surface area contributed by atoms with Crippen LogP contribution < -0.4 is 10.2 Å². The first-order valence-electron chi connectivity index (χ1n) is 8.03. The van der Waals surface area contributed by atoms with Crippen LogP contribution in [0, 0.1) is 5.92 Å². The molecule has 1 aromatic rings. The second kappa shape index (κ2) is 9.03. The van der Waals surface area contributed by atoms with Gasteiger partial charge >= 0.3 is 0 Å². The van der Waals surface area contributed by atoms with Gasteiger partial charge in [0.25, 0.3) is 0 Å². The summed E-state index contributed by atoms with van der Waals surface area (Å²) in [6.07, 6.45) is 2.20. The lowest BCUT2D eigenvalue weighted by Gasteiger charge is -2.28. The van der Waals surface area contributed by atoms with Gasteiger partial charge in [0.15, 0.2) is 0 Å². The van der Waals surface area contributed by atoms with Crippen LogP contribution in [0.3, 0.4) is 0 Å². The van der Waals surface area contributed by atoms with Crippen molar-refractivity contribution in [2.45, 2.75) is 26.3 Å². The van der Waals surface area contributed by atoms with Gasteiger partial charge < -0.3 is 20.1 Å². The first-order valence-corrected chi connectivity index (χ1v) is 8.03. The summed E-state index contributed by atoms with van der Waals surface area (Å²) in [5, 5.41) is 12.4. The number of hydrogen-bond donors (Lipinski definition) is 2. The highest BCUT2D eigenvalue weighted by molar-refractivity contribution is 5.47. The summed E-state index contributed by atoms with van der Waals surface area (Å²) in [4.78, 5) is 2.37. The Morgan fingerprint density at radius 1 is 1.24 bits per heavy atom. The van der Waals surface area contributed by atoms with Crippen LogP contribution in [0.2, 0.25) is 0 Å². The number of aliphatic hydroxyl groups excluding tert-OH is 1. The molecule has 0 aliphatic carbocycles. The Kier molecular flexibility index (Phi) is 7.00. The summed E-state index contributed by atoms with van der Waals surface area (Å²) in [6.45, 7) is 7.94. The van der Waals surface area contributed by atoms with Gasteiger partial charge in [-0.3, -0.25) is 0 Å². The summed E-state index contributed by atoms with van der Waals surface area (Å²) in [5.41, 5.74) is 2.61. The fourth-order valence-corrected chi connectivity index (χ4v) is 2.55. The van der Waals surface area contributed by atoms with E-state index in [-0.39, 0.29) is 0 Å². The lowest BCUT2D eigenvalue weighted by Crippen LogP contribution is -2.36. The van der Waals surface area contributed by atoms with Gasteiger partial charge in [0.2, 0.25) is 0 Å². The van der Waals surface area contributed by atoms with Gasteiger partial charge in [-0.05, 0) is 43.0 Å². The van der Waals surface area contributed by atoms with E-state index in [4.69, 9.17) is 9.84 Å². The molecule has 1 aromatic carbocycles. The van der Waals surface area contributed by atoms with E-state index >= 15 is 0 Å². The van der Waals surface area contributed by atoms with Crippen LogP contribution in [-0.4, -0.2) is 44.6 Å². The largest absolute Gasteiger partial charge is 0.396 e. The van der Waals surface area contributed by atoms with Crippen LogP contribution in [0.5, 0.6) is 0 Å². The molecule has 1 saturated heterocycles. The Morgan fingerprint density at radius 3 is 2.62 bits per heavy atom. The highest BCUT2D eigenvalue weighted by atomic mass is 16.5. The molecule has 2 rings (SSSR count). The van der Waals surface area contributed by atoms with Crippen molar-refractivity contribution in [2.24, 2.45) is 5.92 Å². The normalized spacial score (nSPS) is 17.0. The molecule has 0 saturated carbocycles. The lowest BCUT2D eigenvalue weighted by atomic mass is 10.1. The predicted molar refractivity (Wildman–Crippen MR) is 86.7 cm³/mol. The van der Waals surface area contributed by atoms with Crippen LogP contribution in [-0.2, 0) is 11.3 Å². The number of morpholine rings is 1. The van der Waals surface area contributed by atoms with Crippen LogP contribution in [0.25, 0.3) is 0 Å². The van der Waals surface area contributed by atoms with Crippen molar-refractivity contribution in [2.75, 3.05) is 44.4 Å². The third kappa shape index (κ3) is 5.65. The van der Waals surface area contributed by atoms with Crippen molar-refractivity contribution in [1.29, 1.82) is 0 Å². The number of nitrogens with one attached hydrogen (secondary N) is 1. The minimum absolute atomic E-state index is 0.295. The van der Waals surface area contributed by atoms with E-state index in [2.05, 4.69) is 41.4 Å². The molecule has 0 bridgehead atoms. The minimum Gasteiger partial charge on any atom is -0.396 e. The zero-order chi connectivity index (χ0) is 14.9. The molecule has 1 heterocycles. The van der Waals surface area contributed by atoms with Crippen molar-refractivity contribution in [3.8, 4) is 0 Å². The highest BCUT2D eigenvalue weighted by Crippen LogP contribution is 2.16. The van der Waals surface area contributed by atoms with E-state index in [1.165, 1.54) is 11.3 Å². The van der Waals surface area contributed by atoms with Crippen LogP contribution in [0.15, 0.2) is 24.3 Å². The molecule has 0 spiro atoms. The molecule has 1 fully saturated rings. The van der Waals surface area contributed by atoms with Crippen LogP contribution in [0.1, 0.15) is 25.3 Å². The van der Waals surface area contributed by atoms with Crippen LogP contribution >= 0.6 is 0 Å². The fourth-order valence-electron chi connectivity index (χ4n) is 2.55. The molecule has 1 aliphatic heterocycles. The van der Waals surface area contributed by atoms with Gasteiger partial charge in [0.1, 0.15) is 0 Å².